The third-order valence-corrected chi connectivity index (χ3v) is 3.89. The van der Waals surface area contributed by atoms with Crippen molar-refractivity contribution in [2.75, 3.05) is 27.8 Å². The van der Waals surface area contributed by atoms with E-state index in [1.807, 2.05) is 26.0 Å². The Bertz CT molecular complexity index is 595. The van der Waals surface area contributed by atoms with Gasteiger partial charge in [-0.3, -0.25) is 0 Å². The number of benzene rings is 2. The van der Waals surface area contributed by atoms with Gasteiger partial charge in [-0.05, 0) is 48.9 Å². The van der Waals surface area contributed by atoms with E-state index in [4.69, 9.17) is 18.9 Å². The normalized spacial score (nSPS) is 10.7. The third-order valence-electron chi connectivity index (χ3n) is 3.89. The van der Waals surface area contributed by atoms with Gasteiger partial charge in [0.1, 0.15) is 11.5 Å². The molecule has 2 rings (SSSR count). The zero-order valence-electron chi connectivity index (χ0n) is 14.9. The van der Waals surface area contributed by atoms with E-state index in [9.17, 15) is 0 Å². The molecular formula is C20H26O4. The highest BCUT2D eigenvalue weighted by atomic mass is 16.7. The molecule has 0 aromatic heterocycles. The zero-order valence-corrected chi connectivity index (χ0v) is 14.9. The van der Waals surface area contributed by atoms with Crippen LogP contribution in [0.3, 0.4) is 0 Å². The lowest BCUT2D eigenvalue weighted by molar-refractivity contribution is 0.0493. The molecule has 0 heterocycles. The summed E-state index contributed by atoms with van der Waals surface area (Å²) in [6.45, 7) is 4.61. The molecule has 0 aliphatic heterocycles. The maximum absolute atomic E-state index is 5.75. The van der Waals surface area contributed by atoms with Crippen LogP contribution in [0, 0.1) is 13.8 Å². The van der Waals surface area contributed by atoms with Crippen molar-refractivity contribution in [3.8, 4) is 11.5 Å². The molecule has 4 nitrogen and oxygen atoms in total. The van der Waals surface area contributed by atoms with Crippen molar-refractivity contribution < 1.29 is 18.9 Å². The number of hydrogen-bond acceptors (Lipinski definition) is 4. The van der Waals surface area contributed by atoms with Crippen molar-refractivity contribution in [2.24, 2.45) is 0 Å². The summed E-state index contributed by atoms with van der Waals surface area (Å²) in [5.41, 5.74) is 4.58. The second-order valence-corrected chi connectivity index (χ2v) is 5.73. The van der Waals surface area contributed by atoms with E-state index in [0.717, 1.165) is 35.5 Å². The molecule has 0 aliphatic rings. The summed E-state index contributed by atoms with van der Waals surface area (Å²) < 4.78 is 21.6. The molecular weight excluding hydrogens is 304 g/mol. The topological polar surface area (TPSA) is 36.9 Å². The molecule has 0 amide bonds. The Labute approximate surface area is 144 Å². The lowest BCUT2D eigenvalue weighted by Gasteiger charge is -2.16. The molecule has 0 aliphatic carbocycles. The average molecular weight is 330 g/mol. The molecule has 0 saturated carbocycles. The summed E-state index contributed by atoms with van der Waals surface area (Å²) in [6.07, 6.45) is 1.74. The molecule has 0 radical (unpaired) electrons. The number of hydrogen-bond donors (Lipinski definition) is 0. The minimum atomic E-state index is 0.254. The first-order valence-electron chi connectivity index (χ1n) is 8.07. The van der Waals surface area contributed by atoms with E-state index in [1.54, 1.807) is 14.2 Å². The maximum Gasteiger partial charge on any atom is 0.188 e. The Kier molecular flexibility index (Phi) is 7.09. The van der Waals surface area contributed by atoms with Gasteiger partial charge in [-0.15, -0.1) is 0 Å². The fourth-order valence-corrected chi connectivity index (χ4v) is 2.74. The van der Waals surface area contributed by atoms with Crippen molar-refractivity contribution in [3.63, 3.8) is 0 Å². The summed E-state index contributed by atoms with van der Waals surface area (Å²) in [4.78, 5) is 0. The summed E-state index contributed by atoms with van der Waals surface area (Å²) in [5.74, 6) is 1.82. The Morgan fingerprint density at radius 1 is 0.667 bits per heavy atom. The molecule has 0 unspecified atom stereocenters. The molecule has 0 bridgehead atoms. The molecule has 2 aromatic rings. The summed E-state index contributed by atoms with van der Waals surface area (Å²) in [5, 5.41) is 0. The Morgan fingerprint density at radius 2 is 1.08 bits per heavy atom. The first-order valence-corrected chi connectivity index (χ1v) is 8.07. The molecule has 0 spiro atoms. The molecule has 130 valence electrons. The minimum Gasteiger partial charge on any atom is -0.467 e. The first-order chi connectivity index (χ1) is 11.7. The van der Waals surface area contributed by atoms with E-state index >= 15 is 0 Å². The second kappa shape index (κ2) is 9.30. The molecule has 4 heteroatoms. The lowest BCUT2D eigenvalue weighted by atomic mass is 9.99. The van der Waals surface area contributed by atoms with Crippen LogP contribution in [0.2, 0.25) is 0 Å². The van der Waals surface area contributed by atoms with Crippen LogP contribution >= 0.6 is 0 Å². The molecule has 24 heavy (non-hydrogen) atoms. The quantitative estimate of drug-likeness (QED) is 0.650. The highest BCUT2D eigenvalue weighted by Crippen LogP contribution is 2.28. The van der Waals surface area contributed by atoms with Gasteiger partial charge in [0.25, 0.3) is 0 Å². The van der Waals surface area contributed by atoms with Crippen LogP contribution in [0.4, 0.5) is 0 Å². The van der Waals surface area contributed by atoms with Gasteiger partial charge in [-0.1, -0.05) is 36.4 Å². The largest absolute Gasteiger partial charge is 0.467 e. The van der Waals surface area contributed by atoms with Gasteiger partial charge in [-0.2, -0.15) is 0 Å². The van der Waals surface area contributed by atoms with Gasteiger partial charge in [0, 0.05) is 14.2 Å². The van der Waals surface area contributed by atoms with E-state index < -0.39 is 0 Å². The van der Waals surface area contributed by atoms with Crippen LogP contribution in [0.25, 0.3) is 0 Å². The molecule has 0 fully saturated rings. The van der Waals surface area contributed by atoms with Crippen LogP contribution in [-0.4, -0.2) is 27.8 Å². The molecule has 2 aromatic carbocycles. The standard InChI is InChI=1S/C20H26O4/c1-15-7-5-9-17(19(15)23-13-21-3)11-12-18-10-6-8-16(2)20(18)24-14-22-4/h5-10H,11-14H2,1-4H3. The lowest BCUT2D eigenvalue weighted by Crippen LogP contribution is -2.06. The van der Waals surface area contributed by atoms with Crippen molar-refractivity contribution in [3.05, 3.63) is 58.7 Å². The van der Waals surface area contributed by atoms with E-state index in [2.05, 4.69) is 24.3 Å². The van der Waals surface area contributed by atoms with Gasteiger partial charge in [-0.25, -0.2) is 0 Å². The Balaban J connectivity index is 2.16. The SMILES string of the molecule is COCOc1c(C)cccc1CCc1cccc(C)c1OCOC. The van der Waals surface area contributed by atoms with Gasteiger partial charge < -0.3 is 18.9 Å². The Morgan fingerprint density at radius 3 is 1.46 bits per heavy atom. The minimum absolute atomic E-state index is 0.254. The zero-order chi connectivity index (χ0) is 17.4. The number of ether oxygens (including phenoxy) is 4. The fraction of sp³-hybridized carbons (Fsp3) is 0.400. The van der Waals surface area contributed by atoms with Crippen LogP contribution in [-0.2, 0) is 22.3 Å². The van der Waals surface area contributed by atoms with Crippen LogP contribution in [0.15, 0.2) is 36.4 Å². The van der Waals surface area contributed by atoms with Crippen molar-refractivity contribution in [1.82, 2.24) is 0 Å². The van der Waals surface area contributed by atoms with Gasteiger partial charge >= 0.3 is 0 Å². The smallest absolute Gasteiger partial charge is 0.188 e. The monoisotopic (exact) mass is 330 g/mol. The summed E-state index contributed by atoms with van der Waals surface area (Å²) >= 11 is 0. The Hall–Kier alpha value is -2.04. The van der Waals surface area contributed by atoms with Gasteiger partial charge in [0.05, 0.1) is 0 Å². The van der Waals surface area contributed by atoms with Crippen molar-refractivity contribution >= 4 is 0 Å². The first kappa shape index (κ1) is 18.3. The highest BCUT2D eigenvalue weighted by Gasteiger charge is 2.11. The molecule has 0 saturated heterocycles. The maximum atomic E-state index is 5.75. The van der Waals surface area contributed by atoms with Gasteiger partial charge in [0.15, 0.2) is 13.6 Å². The van der Waals surface area contributed by atoms with Crippen molar-refractivity contribution in [2.45, 2.75) is 26.7 Å². The van der Waals surface area contributed by atoms with E-state index in [1.165, 1.54) is 11.1 Å². The summed E-state index contributed by atoms with van der Waals surface area (Å²) in [7, 11) is 3.26. The van der Waals surface area contributed by atoms with E-state index in [0.29, 0.717) is 0 Å². The fourth-order valence-electron chi connectivity index (χ4n) is 2.74. The van der Waals surface area contributed by atoms with Crippen LogP contribution in [0.5, 0.6) is 11.5 Å². The third kappa shape index (κ3) is 4.73. The van der Waals surface area contributed by atoms with Crippen molar-refractivity contribution in [1.29, 1.82) is 0 Å². The number of rotatable bonds is 9. The predicted molar refractivity (Wildman–Crippen MR) is 94.8 cm³/mol. The average Bonchev–Trinajstić information content (AvgIpc) is 2.58. The number of para-hydroxylation sites is 2. The predicted octanol–water partition coefficient (Wildman–Crippen LogP) is 4.05. The van der Waals surface area contributed by atoms with E-state index in [-0.39, 0.29) is 13.6 Å². The van der Waals surface area contributed by atoms with Crippen LogP contribution in [0.1, 0.15) is 22.3 Å². The summed E-state index contributed by atoms with van der Waals surface area (Å²) in [6, 6.07) is 12.4. The number of aryl methyl sites for hydroxylation is 4. The van der Waals surface area contributed by atoms with Crippen LogP contribution < -0.4 is 9.47 Å². The molecule has 0 atom stereocenters. The highest BCUT2D eigenvalue weighted by molar-refractivity contribution is 5.44. The second-order valence-electron chi connectivity index (χ2n) is 5.73. The number of methoxy groups -OCH3 is 2. The molecule has 0 N–H and O–H groups in total. The van der Waals surface area contributed by atoms with Gasteiger partial charge in [0.2, 0.25) is 0 Å².